The fourth-order valence-corrected chi connectivity index (χ4v) is 2.50. The van der Waals surface area contributed by atoms with Crippen LogP contribution in [0.2, 0.25) is 5.02 Å². The normalized spacial score (nSPS) is 11.7. The number of hydrogen-bond acceptors (Lipinski definition) is 4. The van der Waals surface area contributed by atoms with Gasteiger partial charge in [0.15, 0.2) is 6.10 Å². The van der Waals surface area contributed by atoms with Gasteiger partial charge in [-0.2, -0.15) is 0 Å². The third-order valence-electron chi connectivity index (χ3n) is 3.18. The molecule has 1 N–H and O–H groups in total. The number of hydrogen-bond donors (Lipinski definition) is 1. The zero-order valence-electron chi connectivity index (χ0n) is 13.0. The van der Waals surface area contributed by atoms with Crippen LogP contribution in [0.5, 0.6) is 0 Å². The molecule has 2 rings (SSSR count). The summed E-state index contributed by atoms with van der Waals surface area (Å²) in [4.78, 5) is 25.1. The van der Waals surface area contributed by atoms with E-state index in [-0.39, 0.29) is 16.3 Å². The summed E-state index contributed by atoms with van der Waals surface area (Å²) in [5.74, 6) is -1.92. The maximum Gasteiger partial charge on any atom is 0.340 e. The first-order valence-corrected chi connectivity index (χ1v) is 8.62. The molecular weight excluding hydrogens is 353 g/mol. The Morgan fingerprint density at radius 3 is 2.62 bits per heavy atom. The number of esters is 1. The minimum absolute atomic E-state index is 0.0211. The van der Waals surface area contributed by atoms with Crippen LogP contribution in [0.1, 0.15) is 17.3 Å². The molecule has 2 aromatic rings. The average molecular weight is 368 g/mol. The molecule has 2 aromatic carbocycles. The molecule has 0 saturated heterocycles. The van der Waals surface area contributed by atoms with Crippen molar-refractivity contribution in [3.05, 3.63) is 58.9 Å². The lowest BCUT2D eigenvalue weighted by atomic mass is 10.2. The summed E-state index contributed by atoms with van der Waals surface area (Å²) in [6.07, 6.45) is 0.758. The summed E-state index contributed by atoms with van der Waals surface area (Å²) < 4.78 is 18.7. The third-order valence-corrected chi connectivity index (χ3v) is 4.23. The Labute approximate surface area is 148 Å². The van der Waals surface area contributed by atoms with Crippen molar-refractivity contribution in [3.8, 4) is 0 Å². The van der Waals surface area contributed by atoms with Crippen LogP contribution in [-0.4, -0.2) is 24.2 Å². The summed E-state index contributed by atoms with van der Waals surface area (Å²) in [5, 5.41) is 2.61. The van der Waals surface area contributed by atoms with Gasteiger partial charge in [0.25, 0.3) is 5.91 Å². The van der Waals surface area contributed by atoms with E-state index < -0.39 is 23.8 Å². The molecular formula is C17H15ClFNO3S. The topological polar surface area (TPSA) is 55.4 Å². The molecule has 7 heteroatoms. The maximum absolute atomic E-state index is 13.5. The SMILES string of the molecule is CSc1ccc(Cl)c(C(=O)O[C@@H](C)C(=O)Nc2ccccc2F)c1. The second kappa shape index (κ2) is 8.17. The number of ether oxygens (including phenoxy) is 1. The van der Waals surface area contributed by atoms with Crippen LogP contribution in [0.4, 0.5) is 10.1 Å². The first-order chi connectivity index (χ1) is 11.4. The highest BCUT2D eigenvalue weighted by molar-refractivity contribution is 7.98. The predicted molar refractivity (Wildman–Crippen MR) is 93.1 cm³/mol. The Kier molecular flexibility index (Phi) is 6.23. The quantitative estimate of drug-likeness (QED) is 0.629. The van der Waals surface area contributed by atoms with Gasteiger partial charge in [-0.25, -0.2) is 9.18 Å². The fraction of sp³-hybridized carbons (Fsp3) is 0.176. The first kappa shape index (κ1) is 18.3. The molecule has 0 bridgehead atoms. The summed E-state index contributed by atoms with van der Waals surface area (Å²) in [7, 11) is 0. The van der Waals surface area contributed by atoms with E-state index in [4.69, 9.17) is 16.3 Å². The Hall–Kier alpha value is -2.05. The molecule has 0 aliphatic heterocycles. The maximum atomic E-state index is 13.5. The number of benzene rings is 2. The number of carbonyl (C=O) groups excluding carboxylic acids is 2. The molecule has 1 amide bonds. The van der Waals surface area contributed by atoms with Gasteiger partial charge in [0.05, 0.1) is 16.3 Å². The highest BCUT2D eigenvalue weighted by Crippen LogP contribution is 2.24. The standard InChI is InChI=1S/C17H15ClFNO3S/c1-10(16(21)20-15-6-4-3-5-14(15)19)23-17(22)12-9-11(24-2)7-8-13(12)18/h3-10H,1-2H3,(H,20,21)/t10-/m0/s1. The molecule has 0 unspecified atom stereocenters. The largest absolute Gasteiger partial charge is 0.449 e. The lowest BCUT2D eigenvalue weighted by Crippen LogP contribution is -2.30. The van der Waals surface area contributed by atoms with Gasteiger partial charge in [-0.05, 0) is 43.5 Å². The number of para-hydroxylation sites is 1. The number of carbonyl (C=O) groups is 2. The number of rotatable bonds is 5. The van der Waals surface area contributed by atoms with Crippen LogP contribution in [0, 0.1) is 5.82 Å². The molecule has 0 fully saturated rings. The van der Waals surface area contributed by atoms with E-state index in [0.29, 0.717) is 0 Å². The van der Waals surface area contributed by atoms with Gasteiger partial charge in [-0.1, -0.05) is 23.7 Å². The van der Waals surface area contributed by atoms with E-state index in [1.54, 1.807) is 24.3 Å². The van der Waals surface area contributed by atoms with E-state index in [2.05, 4.69) is 5.32 Å². The summed E-state index contributed by atoms with van der Waals surface area (Å²) >= 11 is 7.45. The van der Waals surface area contributed by atoms with E-state index >= 15 is 0 Å². The van der Waals surface area contributed by atoms with Crippen molar-refractivity contribution in [2.75, 3.05) is 11.6 Å². The summed E-state index contributed by atoms with van der Waals surface area (Å²) in [6, 6.07) is 10.7. The fourth-order valence-electron chi connectivity index (χ4n) is 1.86. The molecule has 1 atom stereocenters. The molecule has 126 valence electrons. The van der Waals surface area contributed by atoms with Gasteiger partial charge in [-0.3, -0.25) is 4.79 Å². The van der Waals surface area contributed by atoms with E-state index in [0.717, 1.165) is 4.90 Å². The second-order valence-corrected chi connectivity index (χ2v) is 6.15. The van der Waals surface area contributed by atoms with Crippen molar-refractivity contribution in [1.29, 1.82) is 0 Å². The van der Waals surface area contributed by atoms with Crippen molar-refractivity contribution in [2.45, 2.75) is 17.9 Å². The number of nitrogens with one attached hydrogen (secondary N) is 1. The van der Waals surface area contributed by atoms with Gasteiger partial charge in [0, 0.05) is 4.90 Å². The zero-order valence-corrected chi connectivity index (χ0v) is 14.6. The zero-order chi connectivity index (χ0) is 17.7. The van der Waals surface area contributed by atoms with Gasteiger partial charge < -0.3 is 10.1 Å². The molecule has 0 aliphatic rings. The Morgan fingerprint density at radius 1 is 1.25 bits per heavy atom. The van der Waals surface area contributed by atoms with Gasteiger partial charge >= 0.3 is 5.97 Å². The summed E-state index contributed by atoms with van der Waals surface area (Å²) in [5.41, 5.74) is 0.196. The smallest absolute Gasteiger partial charge is 0.340 e. The molecule has 0 aliphatic carbocycles. The van der Waals surface area contributed by atoms with Crippen LogP contribution >= 0.6 is 23.4 Å². The number of halogens is 2. The molecule has 0 aromatic heterocycles. The monoisotopic (exact) mass is 367 g/mol. The number of anilines is 1. The number of thioether (sulfide) groups is 1. The van der Waals surface area contributed by atoms with Gasteiger partial charge in [0.2, 0.25) is 0 Å². The first-order valence-electron chi connectivity index (χ1n) is 7.02. The minimum atomic E-state index is -1.11. The second-order valence-electron chi connectivity index (χ2n) is 4.86. The Morgan fingerprint density at radius 2 is 1.96 bits per heavy atom. The van der Waals surface area contributed by atoms with Crippen LogP contribution in [0.15, 0.2) is 47.4 Å². The third kappa shape index (κ3) is 4.49. The van der Waals surface area contributed by atoms with Crippen molar-refractivity contribution in [3.63, 3.8) is 0 Å². The molecule has 24 heavy (non-hydrogen) atoms. The summed E-state index contributed by atoms with van der Waals surface area (Å²) in [6.45, 7) is 1.40. The highest BCUT2D eigenvalue weighted by Gasteiger charge is 2.21. The highest BCUT2D eigenvalue weighted by atomic mass is 35.5. The molecule has 0 heterocycles. The lowest BCUT2D eigenvalue weighted by Gasteiger charge is -2.14. The minimum Gasteiger partial charge on any atom is -0.449 e. The van der Waals surface area contributed by atoms with Crippen molar-refractivity contribution in [2.24, 2.45) is 0 Å². The molecule has 0 spiro atoms. The van der Waals surface area contributed by atoms with E-state index in [9.17, 15) is 14.0 Å². The predicted octanol–water partition coefficient (Wildman–Crippen LogP) is 4.39. The van der Waals surface area contributed by atoms with Gasteiger partial charge in [0.1, 0.15) is 5.82 Å². The lowest BCUT2D eigenvalue weighted by molar-refractivity contribution is -0.123. The van der Waals surface area contributed by atoms with E-state index in [1.807, 2.05) is 6.26 Å². The molecule has 0 radical (unpaired) electrons. The van der Waals surface area contributed by atoms with Crippen molar-refractivity contribution in [1.82, 2.24) is 0 Å². The molecule has 0 saturated carbocycles. The van der Waals surface area contributed by atoms with Crippen LogP contribution in [0.3, 0.4) is 0 Å². The van der Waals surface area contributed by atoms with Crippen LogP contribution < -0.4 is 5.32 Å². The molecule has 4 nitrogen and oxygen atoms in total. The Bertz CT molecular complexity index is 769. The number of amides is 1. The van der Waals surface area contributed by atoms with Crippen LogP contribution in [0.25, 0.3) is 0 Å². The van der Waals surface area contributed by atoms with Crippen molar-refractivity contribution >= 4 is 40.9 Å². The Balaban J connectivity index is 2.06. The van der Waals surface area contributed by atoms with Crippen LogP contribution in [-0.2, 0) is 9.53 Å². The van der Waals surface area contributed by atoms with Crippen molar-refractivity contribution < 1.29 is 18.7 Å². The van der Waals surface area contributed by atoms with Gasteiger partial charge in [-0.15, -0.1) is 11.8 Å². The average Bonchev–Trinajstić information content (AvgIpc) is 2.57. The van der Waals surface area contributed by atoms with E-state index in [1.165, 1.54) is 36.9 Å².